The third-order valence-electron chi connectivity index (χ3n) is 7.30. The van der Waals surface area contributed by atoms with E-state index in [2.05, 4.69) is 96.0 Å². The van der Waals surface area contributed by atoms with Gasteiger partial charge in [0.05, 0.1) is 8.32 Å². The second kappa shape index (κ2) is 7.80. The third-order valence-corrected chi connectivity index (χ3v) is 10.9. The van der Waals surface area contributed by atoms with Crippen molar-refractivity contribution in [1.82, 2.24) is 0 Å². The molecule has 2 aromatic carbocycles. The van der Waals surface area contributed by atoms with Crippen molar-refractivity contribution in [2.24, 2.45) is 0 Å². The van der Waals surface area contributed by atoms with Gasteiger partial charge in [0.15, 0.2) is 0 Å². The molecule has 0 fully saturated rings. The van der Waals surface area contributed by atoms with Crippen molar-refractivity contribution in [3.8, 4) is 0 Å². The topological polar surface area (TPSA) is 0 Å². The molecule has 0 N–H and O–H groups in total. The van der Waals surface area contributed by atoms with Crippen molar-refractivity contribution in [2.45, 2.75) is 58.6 Å². The van der Waals surface area contributed by atoms with E-state index in [1.807, 2.05) is 23.5 Å². The standard InChI is InChI=1S/C28H24Br2S2/c1-13-7-19-15(3)21-11-27(29)31-25(21)9-23(19)17(13)5-6-18-14(2)8-20-16(4)22-12-28(30)32-26(22)10-24(18)20/h7-12,27-28H,5-6H2,1-4H3. The fourth-order valence-corrected chi connectivity index (χ4v) is 9.33. The van der Waals surface area contributed by atoms with Crippen LogP contribution in [0.5, 0.6) is 0 Å². The zero-order valence-corrected chi connectivity index (χ0v) is 23.4. The Morgan fingerprint density at radius 2 is 1.09 bits per heavy atom. The lowest BCUT2D eigenvalue weighted by Crippen LogP contribution is -2.19. The zero-order chi connectivity index (χ0) is 22.3. The summed E-state index contributed by atoms with van der Waals surface area (Å²) in [7, 11) is 0. The fraction of sp³-hybridized carbons (Fsp3) is 0.286. The smallest absolute Gasteiger partial charge is 0.0836 e. The number of allylic oxidation sites excluding steroid dienone is 2. The lowest BCUT2D eigenvalue weighted by atomic mass is 9.96. The Bertz CT molecular complexity index is 1420. The van der Waals surface area contributed by atoms with E-state index in [0.29, 0.717) is 8.32 Å². The number of benzene rings is 2. The molecule has 0 radical (unpaired) electrons. The van der Waals surface area contributed by atoms with Gasteiger partial charge in [-0.1, -0.05) is 56.2 Å². The minimum absolute atomic E-state index is 0.393. The van der Waals surface area contributed by atoms with Crippen LogP contribution < -0.4 is 20.9 Å². The molecule has 4 aliphatic rings. The third kappa shape index (κ3) is 3.24. The van der Waals surface area contributed by atoms with Gasteiger partial charge in [0, 0.05) is 9.79 Å². The van der Waals surface area contributed by atoms with E-state index in [1.54, 1.807) is 0 Å². The summed E-state index contributed by atoms with van der Waals surface area (Å²) < 4.78 is 0.787. The Morgan fingerprint density at radius 1 is 0.688 bits per heavy atom. The average Bonchev–Trinajstić information content (AvgIpc) is 3.46. The van der Waals surface area contributed by atoms with Crippen molar-refractivity contribution in [3.05, 3.63) is 66.4 Å². The molecule has 162 valence electrons. The molecule has 0 bridgehead atoms. The largest absolute Gasteiger partial charge is 0.106 e. The molecular formula is C28H24Br2S2. The molecular weight excluding hydrogens is 560 g/mol. The van der Waals surface area contributed by atoms with E-state index < -0.39 is 0 Å². The first kappa shape index (κ1) is 21.6. The van der Waals surface area contributed by atoms with E-state index in [9.17, 15) is 0 Å². The lowest BCUT2D eigenvalue weighted by Gasteiger charge is -2.09. The number of fused-ring (bicyclic) bond motifs is 4. The van der Waals surface area contributed by atoms with Crippen LogP contribution in [0.4, 0.5) is 0 Å². The van der Waals surface area contributed by atoms with Crippen LogP contribution in [0.3, 0.4) is 0 Å². The predicted octanol–water partition coefficient (Wildman–Crippen LogP) is 6.13. The number of hydrogen-bond acceptors (Lipinski definition) is 2. The van der Waals surface area contributed by atoms with Gasteiger partial charge in [-0.3, -0.25) is 0 Å². The van der Waals surface area contributed by atoms with Gasteiger partial charge in [-0.2, -0.15) is 0 Å². The van der Waals surface area contributed by atoms with Crippen LogP contribution in [0, 0.1) is 13.8 Å². The molecule has 0 spiro atoms. The SMILES string of the molecule is CC1=Cc2c(C)c3c(cc2=C1CCC1=c2cc4c(c(C)c2C=C1C)=CC(Br)S4)SC(Br)C=3. The van der Waals surface area contributed by atoms with E-state index in [4.69, 9.17) is 0 Å². The van der Waals surface area contributed by atoms with Crippen LogP contribution in [0.15, 0.2) is 33.1 Å². The predicted molar refractivity (Wildman–Crippen MR) is 150 cm³/mol. The molecule has 0 aromatic heterocycles. The van der Waals surface area contributed by atoms with Crippen molar-refractivity contribution in [1.29, 1.82) is 0 Å². The first-order valence-electron chi connectivity index (χ1n) is 11.1. The normalized spacial score (nSPS) is 22.2. The number of rotatable bonds is 3. The van der Waals surface area contributed by atoms with Crippen molar-refractivity contribution < 1.29 is 0 Å². The van der Waals surface area contributed by atoms with Gasteiger partial charge in [-0.05, 0) is 118 Å². The highest BCUT2D eigenvalue weighted by Gasteiger charge is 2.23. The minimum Gasteiger partial charge on any atom is -0.106 e. The quantitative estimate of drug-likeness (QED) is 0.398. The summed E-state index contributed by atoms with van der Waals surface area (Å²) in [4.78, 5) is 2.84. The Kier molecular flexibility index (Phi) is 5.26. The molecule has 4 heteroatoms. The molecule has 6 rings (SSSR count). The van der Waals surface area contributed by atoms with Gasteiger partial charge in [-0.25, -0.2) is 0 Å². The van der Waals surface area contributed by atoms with Crippen molar-refractivity contribution in [3.63, 3.8) is 0 Å². The Balaban J connectivity index is 1.44. The highest BCUT2D eigenvalue weighted by Crippen LogP contribution is 2.36. The summed E-state index contributed by atoms with van der Waals surface area (Å²) in [6.07, 6.45) is 11.7. The minimum atomic E-state index is 0.393. The van der Waals surface area contributed by atoms with Crippen molar-refractivity contribution >= 4 is 90.8 Å². The molecule has 2 atom stereocenters. The highest BCUT2D eigenvalue weighted by atomic mass is 79.9. The summed E-state index contributed by atoms with van der Waals surface area (Å²) >= 11 is 11.4. The fourth-order valence-electron chi connectivity index (χ4n) is 5.64. The average molecular weight is 584 g/mol. The summed E-state index contributed by atoms with van der Waals surface area (Å²) in [6.45, 7) is 9.16. The number of hydrogen-bond donors (Lipinski definition) is 0. The first-order chi connectivity index (χ1) is 15.3. The van der Waals surface area contributed by atoms with E-state index >= 15 is 0 Å². The molecule has 2 heterocycles. The number of thioether (sulfide) groups is 2. The van der Waals surface area contributed by atoms with E-state index in [1.165, 1.54) is 75.2 Å². The van der Waals surface area contributed by atoms with Gasteiger partial charge in [0.2, 0.25) is 0 Å². The van der Waals surface area contributed by atoms with Crippen LogP contribution in [0.25, 0.3) is 35.5 Å². The molecule has 2 aromatic rings. The molecule has 0 saturated heterocycles. The lowest BCUT2D eigenvalue weighted by molar-refractivity contribution is 1.06. The summed E-state index contributed by atoms with van der Waals surface area (Å²) in [5, 5.41) is 5.75. The monoisotopic (exact) mass is 582 g/mol. The molecule has 32 heavy (non-hydrogen) atoms. The maximum Gasteiger partial charge on any atom is 0.0836 e. The van der Waals surface area contributed by atoms with E-state index in [-0.39, 0.29) is 0 Å². The molecule has 0 nitrogen and oxygen atoms in total. The van der Waals surface area contributed by atoms with Gasteiger partial charge < -0.3 is 0 Å². The number of halogens is 2. The zero-order valence-electron chi connectivity index (χ0n) is 18.6. The van der Waals surface area contributed by atoms with Crippen LogP contribution in [0.2, 0.25) is 0 Å². The summed E-state index contributed by atoms with van der Waals surface area (Å²) in [5.74, 6) is 0. The maximum absolute atomic E-state index is 3.77. The van der Waals surface area contributed by atoms with Crippen LogP contribution in [-0.4, -0.2) is 8.32 Å². The van der Waals surface area contributed by atoms with Gasteiger partial charge in [0.25, 0.3) is 0 Å². The second-order valence-corrected chi connectivity index (χ2v) is 14.7. The van der Waals surface area contributed by atoms with Crippen molar-refractivity contribution in [2.75, 3.05) is 0 Å². The Hall–Kier alpha value is -0.940. The van der Waals surface area contributed by atoms with Crippen LogP contribution >= 0.6 is 55.4 Å². The summed E-state index contributed by atoms with van der Waals surface area (Å²) in [6, 6.07) is 4.88. The molecule has 2 aliphatic heterocycles. The molecule has 2 aliphatic carbocycles. The molecule has 2 unspecified atom stereocenters. The van der Waals surface area contributed by atoms with E-state index in [0.717, 1.165) is 12.8 Å². The Labute approximate surface area is 214 Å². The first-order valence-corrected chi connectivity index (χ1v) is 14.7. The second-order valence-electron chi connectivity index (χ2n) is 9.13. The molecule has 0 saturated carbocycles. The van der Waals surface area contributed by atoms with Crippen LogP contribution in [-0.2, 0) is 0 Å². The summed E-state index contributed by atoms with van der Waals surface area (Å²) in [5.41, 5.74) is 11.7. The molecule has 0 amide bonds. The van der Waals surface area contributed by atoms with Crippen LogP contribution in [0.1, 0.15) is 48.9 Å². The Morgan fingerprint density at radius 3 is 1.50 bits per heavy atom. The van der Waals surface area contributed by atoms with Gasteiger partial charge in [-0.15, -0.1) is 23.5 Å². The highest BCUT2D eigenvalue weighted by molar-refractivity contribution is 9.11. The maximum atomic E-state index is 3.77. The number of alkyl halides is 2. The van der Waals surface area contributed by atoms with Gasteiger partial charge >= 0.3 is 0 Å². The van der Waals surface area contributed by atoms with Gasteiger partial charge in [0.1, 0.15) is 0 Å².